The molecule has 0 amide bonds. The van der Waals surface area contributed by atoms with Gasteiger partial charge in [-0.1, -0.05) is 0 Å². The summed E-state index contributed by atoms with van der Waals surface area (Å²) in [4.78, 5) is 0. The highest BCUT2D eigenvalue weighted by molar-refractivity contribution is 9.10. The summed E-state index contributed by atoms with van der Waals surface area (Å²) in [6.07, 6.45) is 5.42. The number of halogens is 1. The fourth-order valence-electron chi connectivity index (χ4n) is 2.15. The molecule has 0 aromatic carbocycles. The average molecular weight is 289 g/mol. The molecule has 1 N–H and O–H groups in total. The molecule has 1 saturated heterocycles. The zero-order valence-corrected chi connectivity index (χ0v) is 11.0. The Labute approximate surface area is 104 Å². The molecule has 1 fully saturated rings. The zero-order chi connectivity index (χ0) is 11.5. The van der Waals surface area contributed by atoms with Gasteiger partial charge in [0.2, 0.25) is 0 Å². The van der Waals surface area contributed by atoms with E-state index < -0.39 is 6.10 Å². The van der Waals surface area contributed by atoms with Crippen molar-refractivity contribution < 1.29 is 9.84 Å². The molecule has 1 aromatic heterocycles. The minimum atomic E-state index is -0.509. The van der Waals surface area contributed by atoms with Crippen LogP contribution < -0.4 is 0 Å². The molecule has 1 aliphatic heterocycles. The van der Waals surface area contributed by atoms with Crippen LogP contribution in [-0.2, 0) is 11.8 Å². The fraction of sp³-hybridized carbons (Fsp3) is 0.727. The first kappa shape index (κ1) is 12.1. The summed E-state index contributed by atoms with van der Waals surface area (Å²) in [5, 5.41) is 14.3. The van der Waals surface area contributed by atoms with Gasteiger partial charge in [0.05, 0.1) is 28.6 Å². The van der Waals surface area contributed by atoms with Crippen LogP contribution in [0.5, 0.6) is 0 Å². The second-order valence-corrected chi connectivity index (χ2v) is 5.10. The monoisotopic (exact) mass is 288 g/mol. The summed E-state index contributed by atoms with van der Waals surface area (Å²) in [6, 6.07) is 0. The van der Waals surface area contributed by atoms with Crippen LogP contribution in [0.2, 0.25) is 0 Å². The molecule has 4 nitrogen and oxygen atoms in total. The zero-order valence-electron chi connectivity index (χ0n) is 9.40. The van der Waals surface area contributed by atoms with Crippen LogP contribution in [0, 0.1) is 0 Å². The van der Waals surface area contributed by atoms with Crippen LogP contribution in [0.15, 0.2) is 10.7 Å². The molecule has 0 radical (unpaired) electrons. The topological polar surface area (TPSA) is 47.3 Å². The molecule has 0 saturated carbocycles. The molecule has 2 unspecified atom stereocenters. The van der Waals surface area contributed by atoms with E-state index in [0.29, 0.717) is 6.42 Å². The third kappa shape index (κ3) is 2.64. The second kappa shape index (κ2) is 5.29. The first-order valence-electron chi connectivity index (χ1n) is 5.65. The summed E-state index contributed by atoms with van der Waals surface area (Å²) in [6.45, 7) is 0.823. The van der Waals surface area contributed by atoms with Crippen LogP contribution >= 0.6 is 15.9 Å². The molecule has 1 aromatic rings. The third-order valence-corrected chi connectivity index (χ3v) is 3.62. The smallest absolute Gasteiger partial charge is 0.0992 e. The normalized spacial score (nSPS) is 23.3. The van der Waals surface area contributed by atoms with Crippen molar-refractivity contribution in [2.75, 3.05) is 6.61 Å². The van der Waals surface area contributed by atoms with Crippen molar-refractivity contribution in [2.45, 2.75) is 37.9 Å². The summed E-state index contributed by atoms with van der Waals surface area (Å²) >= 11 is 3.40. The predicted octanol–water partition coefficient (Wildman–Crippen LogP) is 2.18. The summed E-state index contributed by atoms with van der Waals surface area (Å²) in [7, 11) is 1.84. The van der Waals surface area contributed by atoms with E-state index in [4.69, 9.17) is 4.74 Å². The van der Waals surface area contributed by atoms with Gasteiger partial charge in [0, 0.05) is 20.1 Å². The number of aliphatic hydroxyl groups is 1. The minimum absolute atomic E-state index is 0.186. The van der Waals surface area contributed by atoms with E-state index in [0.717, 1.165) is 29.6 Å². The largest absolute Gasteiger partial charge is 0.387 e. The van der Waals surface area contributed by atoms with E-state index in [9.17, 15) is 5.11 Å². The maximum Gasteiger partial charge on any atom is 0.0992 e. The molecule has 1 aliphatic rings. The summed E-state index contributed by atoms with van der Waals surface area (Å²) < 4.78 is 8.19. The number of aliphatic hydroxyl groups excluding tert-OH is 1. The van der Waals surface area contributed by atoms with Gasteiger partial charge in [-0.2, -0.15) is 5.10 Å². The first-order valence-corrected chi connectivity index (χ1v) is 6.45. The number of hydrogen-bond acceptors (Lipinski definition) is 3. The molecular weight excluding hydrogens is 272 g/mol. The van der Waals surface area contributed by atoms with E-state index in [1.165, 1.54) is 6.42 Å². The van der Waals surface area contributed by atoms with Crippen molar-refractivity contribution in [2.24, 2.45) is 7.05 Å². The van der Waals surface area contributed by atoms with E-state index >= 15 is 0 Å². The van der Waals surface area contributed by atoms with Gasteiger partial charge in [-0.3, -0.25) is 4.68 Å². The van der Waals surface area contributed by atoms with Crippen molar-refractivity contribution in [3.63, 3.8) is 0 Å². The van der Waals surface area contributed by atoms with Crippen LogP contribution in [0.4, 0.5) is 0 Å². The lowest BCUT2D eigenvalue weighted by molar-refractivity contribution is -0.0170. The van der Waals surface area contributed by atoms with Gasteiger partial charge in [0.25, 0.3) is 0 Å². The van der Waals surface area contributed by atoms with E-state index in [2.05, 4.69) is 21.0 Å². The molecule has 2 atom stereocenters. The van der Waals surface area contributed by atoms with Gasteiger partial charge in [0.1, 0.15) is 0 Å². The molecule has 0 spiro atoms. The summed E-state index contributed by atoms with van der Waals surface area (Å²) in [5.41, 5.74) is 0.828. The Bertz CT molecular complexity index is 328. The third-order valence-electron chi connectivity index (χ3n) is 3.01. The van der Waals surface area contributed by atoms with Crippen LogP contribution in [-0.4, -0.2) is 27.6 Å². The molecule has 5 heteroatoms. The highest BCUT2D eigenvalue weighted by atomic mass is 79.9. The van der Waals surface area contributed by atoms with E-state index in [1.807, 2.05) is 7.05 Å². The molecule has 2 rings (SSSR count). The van der Waals surface area contributed by atoms with Gasteiger partial charge in [-0.25, -0.2) is 0 Å². The van der Waals surface area contributed by atoms with E-state index in [1.54, 1.807) is 10.9 Å². The van der Waals surface area contributed by atoms with Gasteiger partial charge in [0.15, 0.2) is 0 Å². The highest BCUT2D eigenvalue weighted by Gasteiger charge is 2.22. The van der Waals surface area contributed by atoms with Crippen LogP contribution in [0.3, 0.4) is 0 Å². The van der Waals surface area contributed by atoms with Crippen LogP contribution in [0.1, 0.15) is 37.5 Å². The lowest BCUT2D eigenvalue weighted by Gasteiger charge is -2.24. The number of rotatable bonds is 3. The Morgan fingerprint density at radius 3 is 3.06 bits per heavy atom. The maximum absolute atomic E-state index is 10.2. The Morgan fingerprint density at radius 2 is 2.50 bits per heavy atom. The Balaban J connectivity index is 1.99. The minimum Gasteiger partial charge on any atom is -0.387 e. The molecule has 0 aliphatic carbocycles. The number of nitrogens with zero attached hydrogens (tertiary/aromatic N) is 2. The number of aromatic nitrogens is 2. The molecular formula is C11H17BrN2O2. The average Bonchev–Trinajstić information content (AvgIpc) is 2.60. The Morgan fingerprint density at radius 1 is 1.69 bits per heavy atom. The number of aryl methyl sites for hydroxylation is 1. The van der Waals surface area contributed by atoms with Gasteiger partial charge >= 0.3 is 0 Å². The van der Waals surface area contributed by atoms with Crippen LogP contribution in [0.25, 0.3) is 0 Å². The maximum atomic E-state index is 10.2. The molecule has 16 heavy (non-hydrogen) atoms. The standard InChI is InChI=1S/C11H17BrN2O2/c1-14-11(9(12)7-13-14)10(15)6-8-4-2-3-5-16-8/h7-8,10,15H,2-6H2,1H3. The van der Waals surface area contributed by atoms with Gasteiger partial charge in [-0.05, 0) is 35.2 Å². The quantitative estimate of drug-likeness (QED) is 0.927. The highest BCUT2D eigenvalue weighted by Crippen LogP contribution is 2.28. The van der Waals surface area contributed by atoms with Crippen molar-refractivity contribution in [3.8, 4) is 0 Å². The Hall–Kier alpha value is -0.390. The predicted molar refractivity (Wildman–Crippen MR) is 64.1 cm³/mol. The molecule has 90 valence electrons. The van der Waals surface area contributed by atoms with Crippen molar-refractivity contribution in [3.05, 3.63) is 16.4 Å². The number of ether oxygens (including phenoxy) is 1. The van der Waals surface area contributed by atoms with Crippen molar-refractivity contribution >= 4 is 15.9 Å². The Kier molecular flexibility index (Phi) is 4.00. The van der Waals surface area contributed by atoms with Gasteiger partial charge in [-0.15, -0.1) is 0 Å². The lowest BCUT2D eigenvalue weighted by atomic mass is 10.0. The second-order valence-electron chi connectivity index (χ2n) is 4.24. The molecule has 2 heterocycles. The lowest BCUT2D eigenvalue weighted by Crippen LogP contribution is -2.22. The molecule has 0 bridgehead atoms. The number of hydrogen-bond donors (Lipinski definition) is 1. The summed E-state index contributed by atoms with van der Waals surface area (Å²) in [5.74, 6) is 0. The van der Waals surface area contributed by atoms with E-state index in [-0.39, 0.29) is 6.10 Å². The van der Waals surface area contributed by atoms with Crippen molar-refractivity contribution in [1.29, 1.82) is 0 Å². The SMILES string of the molecule is Cn1ncc(Br)c1C(O)CC1CCCCO1. The first-order chi connectivity index (χ1) is 7.68. The van der Waals surface area contributed by atoms with Gasteiger partial charge < -0.3 is 9.84 Å². The van der Waals surface area contributed by atoms with Crippen molar-refractivity contribution in [1.82, 2.24) is 9.78 Å². The fourth-order valence-corrected chi connectivity index (χ4v) is 2.76.